The number of benzene rings is 1. The van der Waals surface area contributed by atoms with Crippen molar-refractivity contribution >= 4 is 0 Å². The molecule has 0 saturated carbocycles. The van der Waals surface area contributed by atoms with Crippen LogP contribution in [0.3, 0.4) is 0 Å². The van der Waals surface area contributed by atoms with Crippen molar-refractivity contribution in [3.05, 3.63) is 35.4 Å². The van der Waals surface area contributed by atoms with Gasteiger partial charge in [0.15, 0.2) is 0 Å². The van der Waals surface area contributed by atoms with Crippen LogP contribution in [0.15, 0.2) is 24.3 Å². The fourth-order valence-electron chi connectivity index (χ4n) is 2.12. The van der Waals surface area contributed by atoms with E-state index in [0.29, 0.717) is 6.04 Å². The average molecular weight is 247 g/mol. The third-order valence-corrected chi connectivity index (χ3v) is 3.55. The zero-order chi connectivity index (χ0) is 13.4. The summed E-state index contributed by atoms with van der Waals surface area (Å²) in [5.41, 5.74) is 2.92. The van der Waals surface area contributed by atoms with Crippen LogP contribution in [0.4, 0.5) is 0 Å². The Morgan fingerprint density at radius 3 is 2.11 bits per heavy atom. The molecule has 0 aliphatic heterocycles. The fourth-order valence-corrected chi connectivity index (χ4v) is 2.12. The molecule has 1 rings (SSSR count). The van der Waals surface area contributed by atoms with E-state index in [2.05, 4.69) is 57.3 Å². The van der Waals surface area contributed by atoms with Crippen LogP contribution < -0.4 is 5.32 Å². The first kappa shape index (κ1) is 15.2. The van der Waals surface area contributed by atoms with E-state index in [9.17, 15) is 0 Å². The molecule has 1 unspecified atom stereocenters. The topological polar surface area (TPSA) is 12.0 Å². The molecule has 0 aliphatic carbocycles. The first-order valence-electron chi connectivity index (χ1n) is 7.43. The molecule has 1 N–H and O–H groups in total. The second kappa shape index (κ2) is 8.31. The molecule has 1 atom stereocenters. The van der Waals surface area contributed by atoms with E-state index in [1.54, 1.807) is 0 Å². The maximum Gasteiger partial charge on any atom is 0.00103 e. The van der Waals surface area contributed by atoms with E-state index >= 15 is 0 Å². The largest absolute Gasteiger partial charge is 0.315 e. The van der Waals surface area contributed by atoms with Gasteiger partial charge in [-0.25, -0.2) is 0 Å². The predicted octanol–water partition coefficient (Wildman–Crippen LogP) is 4.21. The van der Waals surface area contributed by atoms with Gasteiger partial charge in [0.1, 0.15) is 0 Å². The zero-order valence-electron chi connectivity index (χ0n) is 12.5. The molecule has 1 aromatic rings. The van der Waals surface area contributed by atoms with Gasteiger partial charge in [0.05, 0.1) is 0 Å². The first-order chi connectivity index (χ1) is 8.61. The van der Waals surface area contributed by atoms with Gasteiger partial charge >= 0.3 is 0 Å². The maximum atomic E-state index is 3.49. The molecule has 0 heterocycles. The van der Waals surface area contributed by atoms with Crippen LogP contribution in [0.2, 0.25) is 0 Å². The van der Waals surface area contributed by atoms with Gasteiger partial charge in [0.2, 0.25) is 0 Å². The highest BCUT2D eigenvalue weighted by Crippen LogP contribution is 2.13. The Kier molecular flexibility index (Phi) is 7.04. The molecular formula is C17H29N. The summed E-state index contributed by atoms with van der Waals surface area (Å²) >= 11 is 0. The summed E-state index contributed by atoms with van der Waals surface area (Å²) in [6, 6.07) is 9.72. The Morgan fingerprint density at radius 2 is 1.56 bits per heavy atom. The van der Waals surface area contributed by atoms with Crippen molar-refractivity contribution in [1.82, 2.24) is 5.32 Å². The molecule has 0 bridgehead atoms. The molecule has 102 valence electrons. The molecule has 1 heteroatoms. The SMILES string of the molecule is CCc1ccc(CCC(C)CCNC(C)C)cc1. The maximum absolute atomic E-state index is 3.49. The van der Waals surface area contributed by atoms with Gasteiger partial charge < -0.3 is 5.32 Å². The van der Waals surface area contributed by atoms with Gasteiger partial charge in [-0.2, -0.15) is 0 Å². The van der Waals surface area contributed by atoms with E-state index in [-0.39, 0.29) is 0 Å². The predicted molar refractivity (Wildman–Crippen MR) is 81.1 cm³/mol. The summed E-state index contributed by atoms with van der Waals surface area (Å²) in [6.07, 6.45) is 4.93. The molecule has 1 aromatic carbocycles. The van der Waals surface area contributed by atoms with Gasteiger partial charge in [-0.05, 0) is 49.3 Å². The van der Waals surface area contributed by atoms with Crippen LogP contribution in [0.1, 0.15) is 51.7 Å². The Morgan fingerprint density at radius 1 is 0.944 bits per heavy atom. The molecule has 0 aliphatic rings. The number of hydrogen-bond acceptors (Lipinski definition) is 1. The second-order valence-electron chi connectivity index (χ2n) is 5.71. The molecular weight excluding hydrogens is 218 g/mol. The van der Waals surface area contributed by atoms with Gasteiger partial charge in [-0.15, -0.1) is 0 Å². The Bertz CT molecular complexity index is 313. The average Bonchev–Trinajstić information content (AvgIpc) is 2.36. The molecule has 0 radical (unpaired) electrons. The van der Waals surface area contributed by atoms with E-state index in [0.717, 1.165) is 18.9 Å². The van der Waals surface area contributed by atoms with Crippen molar-refractivity contribution in [2.45, 2.75) is 59.4 Å². The Hall–Kier alpha value is -0.820. The van der Waals surface area contributed by atoms with E-state index in [1.807, 2.05) is 0 Å². The van der Waals surface area contributed by atoms with Crippen molar-refractivity contribution in [1.29, 1.82) is 0 Å². The number of rotatable bonds is 8. The Labute approximate surface area is 113 Å². The van der Waals surface area contributed by atoms with Gasteiger partial charge in [-0.3, -0.25) is 0 Å². The highest BCUT2D eigenvalue weighted by molar-refractivity contribution is 5.22. The van der Waals surface area contributed by atoms with Crippen molar-refractivity contribution < 1.29 is 0 Å². The third-order valence-electron chi connectivity index (χ3n) is 3.55. The van der Waals surface area contributed by atoms with Crippen LogP contribution in [0.25, 0.3) is 0 Å². The summed E-state index contributed by atoms with van der Waals surface area (Å²) < 4.78 is 0. The van der Waals surface area contributed by atoms with Crippen LogP contribution in [0.5, 0.6) is 0 Å². The quantitative estimate of drug-likeness (QED) is 0.726. The number of aryl methyl sites for hydroxylation is 2. The summed E-state index contributed by atoms with van der Waals surface area (Å²) in [5, 5.41) is 3.49. The number of hydrogen-bond donors (Lipinski definition) is 1. The number of nitrogens with one attached hydrogen (secondary N) is 1. The van der Waals surface area contributed by atoms with Gasteiger partial charge in [0.25, 0.3) is 0 Å². The molecule has 0 aromatic heterocycles. The molecule has 1 nitrogen and oxygen atoms in total. The Balaban J connectivity index is 2.22. The van der Waals surface area contributed by atoms with E-state index in [4.69, 9.17) is 0 Å². The fraction of sp³-hybridized carbons (Fsp3) is 0.647. The summed E-state index contributed by atoms with van der Waals surface area (Å²) in [6.45, 7) is 10.1. The lowest BCUT2D eigenvalue weighted by Gasteiger charge is -2.13. The van der Waals surface area contributed by atoms with Crippen molar-refractivity contribution in [3.63, 3.8) is 0 Å². The van der Waals surface area contributed by atoms with Crippen LogP contribution in [0, 0.1) is 5.92 Å². The zero-order valence-corrected chi connectivity index (χ0v) is 12.5. The van der Waals surface area contributed by atoms with Crippen LogP contribution in [-0.4, -0.2) is 12.6 Å². The minimum Gasteiger partial charge on any atom is -0.315 e. The summed E-state index contributed by atoms with van der Waals surface area (Å²) in [4.78, 5) is 0. The third kappa shape index (κ3) is 6.20. The molecule has 18 heavy (non-hydrogen) atoms. The van der Waals surface area contributed by atoms with Crippen LogP contribution >= 0.6 is 0 Å². The lowest BCUT2D eigenvalue weighted by atomic mass is 9.97. The molecule has 0 amide bonds. The minimum atomic E-state index is 0.610. The van der Waals surface area contributed by atoms with E-state index < -0.39 is 0 Å². The standard InChI is InChI=1S/C17H29N/c1-5-16-8-10-17(11-9-16)7-6-15(4)12-13-18-14(2)3/h8-11,14-15,18H,5-7,12-13H2,1-4H3. The smallest absolute Gasteiger partial charge is 0.00103 e. The second-order valence-corrected chi connectivity index (χ2v) is 5.71. The minimum absolute atomic E-state index is 0.610. The molecule has 0 spiro atoms. The molecule has 0 fully saturated rings. The first-order valence-corrected chi connectivity index (χ1v) is 7.43. The van der Waals surface area contributed by atoms with Gasteiger partial charge in [-0.1, -0.05) is 52.0 Å². The lowest BCUT2D eigenvalue weighted by Crippen LogP contribution is -2.24. The van der Waals surface area contributed by atoms with Crippen molar-refractivity contribution in [3.8, 4) is 0 Å². The van der Waals surface area contributed by atoms with Crippen LogP contribution in [-0.2, 0) is 12.8 Å². The van der Waals surface area contributed by atoms with E-state index in [1.165, 1.54) is 30.4 Å². The van der Waals surface area contributed by atoms with Crippen molar-refractivity contribution in [2.75, 3.05) is 6.54 Å². The highest BCUT2D eigenvalue weighted by atomic mass is 14.9. The lowest BCUT2D eigenvalue weighted by molar-refractivity contribution is 0.454. The summed E-state index contributed by atoms with van der Waals surface area (Å²) in [7, 11) is 0. The summed E-state index contributed by atoms with van der Waals surface area (Å²) in [5.74, 6) is 0.808. The normalized spacial score (nSPS) is 12.9. The van der Waals surface area contributed by atoms with Gasteiger partial charge in [0, 0.05) is 6.04 Å². The monoisotopic (exact) mass is 247 g/mol. The highest BCUT2D eigenvalue weighted by Gasteiger charge is 2.03. The van der Waals surface area contributed by atoms with Crippen molar-refractivity contribution in [2.24, 2.45) is 5.92 Å². The molecule has 0 saturated heterocycles.